The van der Waals surface area contributed by atoms with E-state index in [0.717, 1.165) is 25.6 Å². The van der Waals surface area contributed by atoms with Gasteiger partial charge in [0.2, 0.25) is 5.91 Å². The lowest BCUT2D eigenvalue weighted by atomic mass is 10.0. The molecule has 2 saturated heterocycles. The Morgan fingerprint density at radius 1 is 1.35 bits per heavy atom. The first-order valence-electron chi connectivity index (χ1n) is 7.56. The molecule has 0 saturated carbocycles. The summed E-state index contributed by atoms with van der Waals surface area (Å²) in [5.74, 6) is 1.15. The molecule has 0 aromatic carbocycles. The van der Waals surface area contributed by atoms with Crippen LogP contribution in [0.5, 0.6) is 0 Å². The number of carbonyl (C=O) groups excluding carboxylic acids is 1. The normalized spacial score (nSPS) is 30.3. The molecule has 0 aliphatic carbocycles. The number of piperidine rings is 1. The summed E-state index contributed by atoms with van der Waals surface area (Å²) in [6.07, 6.45) is 3.58. The minimum Gasteiger partial charge on any atom is -0.342 e. The Morgan fingerprint density at radius 3 is 2.70 bits per heavy atom. The smallest absolute Gasteiger partial charge is 0.223 e. The molecular weight excluding hydrogens is 276 g/mol. The second-order valence-electron chi connectivity index (χ2n) is 6.36. The minimum atomic E-state index is -2.92. The molecule has 2 rings (SSSR count). The topological polar surface area (TPSA) is 57.7 Å². The highest BCUT2D eigenvalue weighted by Gasteiger charge is 2.32. The SMILES string of the molecule is CC1CCCN(CCC(=O)N(C)C2CCS(=O)(=O)C2)C1. The molecule has 2 aliphatic rings. The molecule has 0 bridgehead atoms. The maximum Gasteiger partial charge on any atom is 0.223 e. The van der Waals surface area contributed by atoms with Crippen LogP contribution in [0.15, 0.2) is 0 Å². The summed E-state index contributed by atoms with van der Waals surface area (Å²) in [6.45, 7) is 5.21. The largest absolute Gasteiger partial charge is 0.342 e. The Balaban J connectivity index is 1.77. The third kappa shape index (κ3) is 4.19. The molecule has 0 spiro atoms. The zero-order valence-electron chi connectivity index (χ0n) is 12.5. The Bertz CT molecular complexity index is 449. The number of amides is 1. The quantitative estimate of drug-likeness (QED) is 0.769. The molecule has 2 fully saturated rings. The van der Waals surface area contributed by atoms with Crippen LogP contribution >= 0.6 is 0 Å². The first kappa shape index (κ1) is 15.8. The first-order valence-corrected chi connectivity index (χ1v) is 9.38. The van der Waals surface area contributed by atoms with Gasteiger partial charge in [-0.25, -0.2) is 8.42 Å². The number of hydrogen-bond donors (Lipinski definition) is 0. The summed E-state index contributed by atoms with van der Waals surface area (Å²) in [5, 5.41) is 0. The Labute approximate surface area is 122 Å². The van der Waals surface area contributed by atoms with Gasteiger partial charge >= 0.3 is 0 Å². The minimum absolute atomic E-state index is 0.0744. The van der Waals surface area contributed by atoms with Crippen molar-refractivity contribution in [2.24, 2.45) is 5.92 Å². The van der Waals surface area contributed by atoms with Crippen molar-refractivity contribution in [3.05, 3.63) is 0 Å². The third-order valence-corrected chi connectivity index (χ3v) is 6.28. The predicted molar refractivity (Wildman–Crippen MR) is 79.3 cm³/mol. The highest BCUT2D eigenvalue weighted by Crippen LogP contribution is 2.18. The number of nitrogens with zero attached hydrogens (tertiary/aromatic N) is 2. The van der Waals surface area contributed by atoms with Crippen molar-refractivity contribution in [2.75, 3.05) is 38.2 Å². The fourth-order valence-corrected chi connectivity index (χ4v) is 4.98. The standard InChI is InChI=1S/C14H26N2O3S/c1-12-4-3-7-16(10-12)8-5-14(17)15(2)13-6-9-20(18,19)11-13/h12-13H,3-11H2,1-2H3. The van der Waals surface area contributed by atoms with E-state index in [4.69, 9.17) is 0 Å². The molecule has 2 unspecified atom stereocenters. The second kappa shape index (κ2) is 6.43. The molecule has 2 heterocycles. The predicted octanol–water partition coefficient (Wildman–Crippen LogP) is 0.754. The van der Waals surface area contributed by atoms with Crippen molar-refractivity contribution in [3.8, 4) is 0 Å². The van der Waals surface area contributed by atoms with Crippen LogP contribution < -0.4 is 0 Å². The summed E-state index contributed by atoms with van der Waals surface area (Å²) in [7, 11) is -1.18. The molecule has 0 N–H and O–H groups in total. The third-order valence-electron chi connectivity index (χ3n) is 4.53. The summed E-state index contributed by atoms with van der Waals surface area (Å²) < 4.78 is 22.9. The zero-order valence-corrected chi connectivity index (χ0v) is 13.4. The van der Waals surface area contributed by atoms with E-state index >= 15 is 0 Å². The van der Waals surface area contributed by atoms with Crippen molar-refractivity contribution in [1.29, 1.82) is 0 Å². The van der Waals surface area contributed by atoms with Crippen molar-refractivity contribution in [2.45, 2.75) is 38.6 Å². The van der Waals surface area contributed by atoms with E-state index in [1.54, 1.807) is 11.9 Å². The van der Waals surface area contributed by atoms with Crippen LogP contribution in [0, 0.1) is 5.92 Å². The van der Waals surface area contributed by atoms with Gasteiger partial charge in [0.1, 0.15) is 0 Å². The van der Waals surface area contributed by atoms with E-state index in [1.807, 2.05) is 0 Å². The maximum absolute atomic E-state index is 12.2. The molecule has 116 valence electrons. The average Bonchev–Trinajstić information content (AvgIpc) is 2.75. The van der Waals surface area contributed by atoms with E-state index in [9.17, 15) is 13.2 Å². The van der Waals surface area contributed by atoms with Crippen LogP contribution in [0.3, 0.4) is 0 Å². The van der Waals surface area contributed by atoms with Crippen LogP contribution in [0.25, 0.3) is 0 Å². The van der Waals surface area contributed by atoms with E-state index in [0.29, 0.717) is 12.8 Å². The van der Waals surface area contributed by atoms with Crippen LogP contribution in [0.2, 0.25) is 0 Å². The van der Waals surface area contributed by atoms with Gasteiger partial charge in [0.15, 0.2) is 9.84 Å². The summed E-state index contributed by atoms with van der Waals surface area (Å²) in [5.41, 5.74) is 0. The summed E-state index contributed by atoms with van der Waals surface area (Å²) in [6, 6.07) is -0.118. The van der Waals surface area contributed by atoms with Gasteiger partial charge in [0, 0.05) is 32.6 Å². The highest BCUT2D eigenvalue weighted by atomic mass is 32.2. The Morgan fingerprint density at radius 2 is 2.10 bits per heavy atom. The molecule has 5 nitrogen and oxygen atoms in total. The number of sulfone groups is 1. The van der Waals surface area contributed by atoms with Crippen molar-refractivity contribution >= 4 is 15.7 Å². The Hall–Kier alpha value is -0.620. The molecule has 20 heavy (non-hydrogen) atoms. The first-order chi connectivity index (χ1) is 9.37. The second-order valence-corrected chi connectivity index (χ2v) is 8.59. The summed E-state index contributed by atoms with van der Waals surface area (Å²) in [4.78, 5) is 16.2. The van der Waals surface area contributed by atoms with E-state index in [1.165, 1.54) is 12.8 Å². The van der Waals surface area contributed by atoms with Crippen LogP contribution in [-0.4, -0.2) is 68.4 Å². The van der Waals surface area contributed by atoms with Crippen LogP contribution in [-0.2, 0) is 14.6 Å². The van der Waals surface area contributed by atoms with Crippen molar-refractivity contribution in [1.82, 2.24) is 9.80 Å². The summed E-state index contributed by atoms with van der Waals surface area (Å²) >= 11 is 0. The molecule has 2 aliphatic heterocycles. The van der Waals surface area contributed by atoms with Crippen LogP contribution in [0.4, 0.5) is 0 Å². The molecule has 2 atom stereocenters. The van der Waals surface area contributed by atoms with E-state index < -0.39 is 9.84 Å². The fraction of sp³-hybridized carbons (Fsp3) is 0.929. The Kier molecular flexibility index (Phi) is 5.07. The van der Waals surface area contributed by atoms with Gasteiger partial charge in [-0.15, -0.1) is 0 Å². The molecule has 0 aromatic rings. The number of hydrogen-bond acceptors (Lipinski definition) is 4. The number of likely N-dealkylation sites (tertiary alicyclic amines) is 1. The van der Waals surface area contributed by atoms with Gasteiger partial charge in [-0.2, -0.15) is 0 Å². The van der Waals surface area contributed by atoms with E-state index in [2.05, 4.69) is 11.8 Å². The lowest BCUT2D eigenvalue weighted by molar-refractivity contribution is -0.132. The zero-order chi connectivity index (χ0) is 14.8. The van der Waals surface area contributed by atoms with Gasteiger partial charge in [0.25, 0.3) is 0 Å². The van der Waals surface area contributed by atoms with Crippen molar-refractivity contribution in [3.63, 3.8) is 0 Å². The van der Waals surface area contributed by atoms with E-state index in [-0.39, 0.29) is 23.5 Å². The fourth-order valence-electron chi connectivity index (χ4n) is 3.20. The van der Waals surface area contributed by atoms with Crippen molar-refractivity contribution < 1.29 is 13.2 Å². The molecule has 6 heteroatoms. The van der Waals surface area contributed by atoms with Gasteiger partial charge in [-0.1, -0.05) is 6.92 Å². The van der Waals surface area contributed by atoms with Gasteiger partial charge < -0.3 is 9.80 Å². The van der Waals surface area contributed by atoms with Gasteiger partial charge in [-0.05, 0) is 31.7 Å². The number of rotatable bonds is 4. The number of carbonyl (C=O) groups is 1. The van der Waals surface area contributed by atoms with Crippen LogP contribution in [0.1, 0.15) is 32.6 Å². The highest BCUT2D eigenvalue weighted by molar-refractivity contribution is 7.91. The molecule has 0 radical (unpaired) electrons. The lowest BCUT2D eigenvalue weighted by Gasteiger charge is -2.31. The maximum atomic E-state index is 12.2. The monoisotopic (exact) mass is 302 g/mol. The van der Waals surface area contributed by atoms with Gasteiger partial charge in [-0.3, -0.25) is 4.79 Å². The van der Waals surface area contributed by atoms with Gasteiger partial charge in [0.05, 0.1) is 11.5 Å². The molecule has 1 amide bonds. The average molecular weight is 302 g/mol. The molecule has 0 aromatic heterocycles. The lowest BCUT2D eigenvalue weighted by Crippen LogP contribution is -2.41. The molecular formula is C14H26N2O3S.